The number of para-hydroxylation sites is 1. The normalized spacial score (nSPS) is 24.2. The van der Waals surface area contributed by atoms with E-state index in [4.69, 9.17) is 9.47 Å². The zero-order chi connectivity index (χ0) is 19.4. The molecule has 2 amide bonds. The molecule has 8 nitrogen and oxygen atoms in total. The molecular weight excluding hydrogens is 352 g/mol. The van der Waals surface area contributed by atoms with Crippen LogP contribution in [-0.4, -0.2) is 67.2 Å². The highest BCUT2D eigenvalue weighted by Gasteiger charge is 2.54. The summed E-state index contributed by atoms with van der Waals surface area (Å²) in [7, 11) is 0. The number of carboxylic acids is 1. The number of hydrogen-bond donors (Lipinski definition) is 2. The molecule has 0 bridgehead atoms. The smallest absolute Gasteiger partial charge is 0.311 e. The Morgan fingerprint density at radius 3 is 2.85 bits per heavy atom. The summed E-state index contributed by atoms with van der Waals surface area (Å²) in [5.41, 5.74) is -0.586. The Bertz CT molecular complexity index is 737. The lowest BCUT2D eigenvalue weighted by atomic mass is 9.74. The van der Waals surface area contributed by atoms with E-state index in [1.54, 1.807) is 24.3 Å². The Balaban J connectivity index is 1.62. The Morgan fingerprint density at radius 1 is 1.37 bits per heavy atom. The third kappa shape index (κ3) is 3.75. The van der Waals surface area contributed by atoms with Gasteiger partial charge in [-0.3, -0.25) is 14.4 Å². The van der Waals surface area contributed by atoms with Gasteiger partial charge in [-0.05, 0) is 25.5 Å². The number of carboxylic acid groups (broad SMARTS) is 1. The first kappa shape index (κ1) is 19.2. The molecule has 27 heavy (non-hydrogen) atoms. The highest BCUT2D eigenvalue weighted by atomic mass is 16.5. The molecule has 2 saturated heterocycles. The highest BCUT2D eigenvalue weighted by molar-refractivity contribution is 5.98. The first-order valence-corrected chi connectivity index (χ1v) is 9.07. The van der Waals surface area contributed by atoms with Crippen LogP contribution in [0, 0.1) is 11.3 Å². The van der Waals surface area contributed by atoms with Gasteiger partial charge in [0.1, 0.15) is 5.75 Å². The third-order valence-electron chi connectivity index (χ3n) is 5.32. The molecule has 0 aliphatic carbocycles. The van der Waals surface area contributed by atoms with Crippen molar-refractivity contribution in [3.8, 4) is 5.75 Å². The zero-order valence-corrected chi connectivity index (χ0v) is 15.3. The molecule has 0 aromatic heterocycles. The molecule has 2 aliphatic heterocycles. The maximum atomic E-state index is 12.5. The fourth-order valence-corrected chi connectivity index (χ4v) is 3.79. The van der Waals surface area contributed by atoms with Crippen molar-refractivity contribution in [2.24, 2.45) is 11.3 Å². The molecule has 1 aromatic carbocycles. The van der Waals surface area contributed by atoms with Crippen molar-refractivity contribution in [2.75, 3.05) is 39.5 Å². The van der Waals surface area contributed by atoms with Gasteiger partial charge in [0, 0.05) is 25.6 Å². The van der Waals surface area contributed by atoms with Gasteiger partial charge in [-0.25, -0.2) is 0 Å². The molecule has 0 unspecified atom stereocenters. The quantitative estimate of drug-likeness (QED) is 0.760. The lowest BCUT2D eigenvalue weighted by Crippen LogP contribution is -2.45. The summed E-state index contributed by atoms with van der Waals surface area (Å²) in [5, 5.41) is 12.3. The van der Waals surface area contributed by atoms with Gasteiger partial charge < -0.3 is 24.8 Å². The van der Waals surface area contributed by atoms with Crippen molar-refractivity contribution in [1.82, 2.24) is 10.2 Å². The summed E-state index contributed by atoms with van der Waals surface area (Å²) in [4.78, 5) is 38.3. The van der Waals surface area contributed by atoms with Gasteiger partial charge in [0.2, 0.25) is 5.91 Å². The summed E-state index contributed by atoms with van der Waals surface area (Å²) in [6.07, 6.45) is 0.394. The van der Waals surface area contributed by atoms with Crippen molar-refractivity contribution in [3.63, 3.8) is 0 Å². The number of fused-ring (bicyclic) bond motifs is 1. The molecular formula is C19H24N2O6. The number of benzene rings is 1. The van der Waals surface area contributed by atoms with E-state index < -0.39 is 17.3 Å². The minimum atomic E-state index is -0.945. The SMILES string of the molecule is CCOc1ccccc1C(=O)NCC(=O)N1C[C@H]2COCC[C@@]2(C(=O)O)C1. The number of amides is 2. The fourth-order valence-electron chi connectivity index (χ4n) is 3.79. The largest absolute Gasteiger partial charge is 0.493 e. The van der Waals surface area contributed by atoms with E-state index >= 15 is 0 Å². The minimum absolute atomic E-state index is 0.153. The second-order valence-corrected chi connectivity index (χ2v) is 6.87. The number of hydrogen-bond acceptors (Lipinski definition) is 5. The van der Waals surface area contributed by atoms with Crippen LogP contribution in [0.3, 0.4) is 0 Å². The zero-order valence-electron chi connectivity index (χ0n) is 15.3. The molecule has 2 N–H and O–H groups in total. The molecule has 2 heterocycles. The number of carbonyl (C=O) groups excluding carboxylic acids is 2. The van der Waals surface area contributed by atoms with Crippen molar-refractivity contribution >= 4 is 17.8 Å². The van der Waals surface area contributed by atoms with Crippen LogP contribution in [0.4, 0.5) is 0 Å². The van der Waals surface area contributed by atoms with Gasteiger partial charge in [0.05, 0.1) is 30.7 Å². The third-order valence-corrected chi connectivity index (χ3v) is 5.32. The standard InChI is InChI=1S/C19H24N2O6/c1-2-27-15-6-4-3-5-14(15)17(23)20-9-16(22)21-10-13-11-26-8-7-19(13,12-21)18(24)25/h3-6,13H,2,7-12H2,1H3,(H,20,23)(H,24,25)/t13-,19+/m0/s1. The summed E-state index contributed by atoms with van der Waals surface area (Å²) >= 11 is 0. The van der Waals surface area contributed by atoms with E-state index in [0.29, 0.717) is 44.1 Å². The van der Waals surface area contributed by atoms with Gasteiger partial charge in [-0.15, -0.1) is 0 Å². The monoisotopic (exact) mass is 376 g/mol. The summed E-state index contributed by atoms with van der Waals surface area (Å²) < 4.78 is 10.8. The Hall–Kier alpha value is -2.61. The van der Waals surface area contributed by atoms with Crippen LogP contribution in [0.1, 0.15) is 23.7 Å². The Kier molecular flexibility index (Phi) is 5.65. The van der Waals surface area contributed by atoms with E-state index in [1.165, 1.54) is 4.90 Å². The number of nitrogens with one attached hydrogen (secondary N) is 1. The van der Waals surface area contributed by atoms with Gasteiger partial charge in [0.15, 0.2) is 0 Å². The van der Waals surface area contributed by atoms with Crippen molar-refractivity contribution < 1.29 is 29.0 Å². The van der Waals surface area contributed by atoms with E-state index in [0.717, 1.165) is 0 Å². The maximum Gasteiger partial charge on any atom is 0.311 e. The molecule has 8 heteroatoms. The molecule has 2 fully saturated rings. The first-order valence-electron chi connectivity index (χ1n) is 9.07. The second-order valence-electron chi connectivity index (χ2n) is 6.87. The fraction of sp³-hybridized carbons (Fsp3) is 0.526. The van der Waals surface area contributed by atoms with Gasteiger partial charge >= 0.3 is 5.97 Å². The van der Waals surface area contributed by atoms with Gasteiger partial charge in [0.25, 0.3) is 5.91 Å². The van der Waals surface area contributed by atoms with E-state index in [2.05, 4.69) is 5.32 Å². The van der Waals surface area contributed by atoms with Crippen molar-refractivity contribution in [2.45, 2.75) is 13.3 Å². The summed E-state index contributed by atoms with van der Waals surface area (Å²) in [6.45, 7) is 3.27. The second kappa shape index (κ2) is 7.96. The molecule has 2 atom stereocenters. The van der Waals surface area contributed by atoms with Crippen molar-refractivity contribution in [3.05, 3.63) is 29.8 Å². The summed E-state index contributed by atoms with van der Waals surface area (Å²) in [5.74, 6) is -1.35. The number of aliphatic carboxylic acids is 1. The lowest BCUT2D eigenvalue weighted by Gasteiger charge is -2.33. The molecule has 146 valence electrons. The Morgan fingerprint density at radius 2 is 2.15 bits per heavy atom. The molecule has 2 aliphatic rings. The number of nitrogens with zero attached hydrogens (tertiary/aromatic N) is 1. The number of likely N-dealkylation sites (tertiary alicyclic amines) is 1. The Labute approximate surface area is 157 Å². The average Bonchev–Trinajstić information content (AvgIpc) is 3.08. The lowest BCUT2D eigenvalue weighted by molar-refractivity contribution is -0.157. The van der Waals surface area contributed by atoms with Crippen LogP contribution >= 0.6 is 0 Å². The van der Waals surface area contributed by atoms with Crippen molar-refractivity contribution in [1.29, 1.82) is 0 Å². The molecule has 0 spiro atoms. The highest BCUT2D eigenvalue weighted by Crippen LogP contribution is 2.42. The minimum Gasteiger partial charge on any atom is -0.493 e. The number of rotatable bonds is 6. The van der Waals surface area contributed by atoms with Gasteiger partial charge in [-0.2, -0.15) is 0 Å². The average molecular weight is 376 g/mol. The number of carbonyl (C=O) groups is 3. The van der Waals surface area contributed by atoms with Gasteiger partial charge in [-0.1, -0.05) is 12.1 Å². The predicted molar refractivity (Wildman–Crippen MR) is 95.5 cm³/mol. The maximum absolute atomic E-state index is 12.5. The topological polar surface area (TPSA) is 105 Å². The molecule has 0 radical (unpaired) electrons. The van der Waals surface area contributed by atoms with Crippen LogP contribution in [0.5, 0.6) is 5.75 Å². The number of ether oxygens (including phenoxy) is 2. The van der Waals surface area contributed by atoms with Crippen LogP contribution in [0.25, 0.3) is 0 Å². The molecule has 1 aromatic rings. The van der Waals surface area contributed by atoms with Crippen LogP contribution < -0.4 is 10.1 Å². The molecule has 0 saturated carbocycles. The van der Waals surface area contributed by atoms with E-state index in [9.17, 15) is 19.5 Å². The van der Waals surface area contributed by atoms with E-state index in [1.807, 2.05) is 6.92 Å². The van der Waals surface area contributed by atoms with Crippen LogP contribution in [0.2, 0.25) is 0 Å². The summed E-state index contributed by atoms with van der Waals surface area (Å²) in [6, 6.07) is 6.82. The first-order chi connectivity index (χ1) is 13.0. The molecule has 3 rings (SSSR count). The predicted octanol–water partition coefficient (Wildman–Crippen LogP) is 0.765. The van der Waals surface area contributed by atoms with E-state index in [-0.39, 0.29) is 24.9 Å². The van der Waals surface area contributed by atoms with Crippen LogP contribution in [0.15, 0.2) is 24.3 Å². The van der Waals surface area contributed by atoms with Crippen LogP contribution in [-0.2, 0) is 14.3 Å².